The molecule has 3 heterocycles. The molecule has 1 unspecified atom stereocenters. The average molecular weight is 466 g/mol. The van der Waals surface area contributed by atoms with E-state index >= 15 is 0 Å². The SMILES string of the molecule is COc1cccc(-c2nnc(SCC(=O)N3CCN(C4CCS(=O)(=O)C4)CC3)n2C)c1. The lowest BCUT2D eigenvalue weighted by Gasteiger charge is -2.37. The summed E-state index contributed by atoms with van der Waals surface area (Å²) in [6, 6.07) is 7.73. The number of carbonyl (C=O) groups is 1. The van der Waals surface area contributed by atoms with Gasteiger partial charge in [0.1, 0.15) is 5.75 Å². The lowest BCUT2D eigenvalue weighted by molar-refractivity contribution is -0.130. The van der Waals surface area contributed by atoms with Gasteiger partial charge in [-0.1, -0.05) is 23.9 Å². The van der Waals surface area contributed by atoms with Crippen molar-refractivity contribution in [2.45, 2.75) is 17.6 Å². The van der Waals surface area contributed by atoms with Crippen LogP contribution >= 0.6 is 11.8 Å². The van der Waals surface area contributed by atoms with Gasteiger partial charge in [0.2, 0.25) is 5.91 Å². The second-order valence-electron chi connectivity index (χ2n) is 7.86. The van der Waals surface area contributed by atoms with E-state index in [2.05, 4.69) is 15.1 Å². The van der Waals surface area contributed by atoms with Gasteiger partial charge < -0.3 is 14.2 Å². The number of aromatic nitrogens is 3. The molecule has 1 atom stereocenters. The van der Waals surface area contributed by atoms with Gasteiger partial charge in [-0.15, -0.1) is 10.2 Å². The van der Waals surface area contributed by atoms with E-state index in [0.717, 1.165) is 24.4 Å². The summed E-state index contributed by atoms with van der Waals surface area (Å²) in [5, 5.41) is 9.20. The van der Waals surface area contributed by atoms with E-state index in [-0.39, 0.29) is 23.5 Å². The molecule has 0 spiro atoms. The van der Waals surface area contributed by atoms with Gasteiger partial charge in [-0.25, -0.2) is 8.42 Å². The summed E-state index contributed by atoms with van der Waals surface area (Å²) < 4.78 is 30.6. The zero-order chi connectivity index (χ0) is 22.0. The number of amides is 1. The summed E-state index contributed by atoms with van der Waals surface area (Å²) in [6.45, 7) is 2.70. The van der Waals surface area contributed by atoms with E-state index in [4.69, 9.17) is 4.74 Å². The number of sulfone groups is 1. The molecule has 168 valence electrons. The second kappa shape index (κ2) is 9.17. The van der Waals surface area contributed by atoms with Crippen LogP contribution in [0.1, 0.15) is 6.42 Å². The Kier molecular flexibility index (Phi) is 6.54. The number of rotatable bonds is 6. The van der Waals surface area contributed by atoms with E-state index in [0.29, 0.717) is 36.2 Å². The lowest BCUT2D eigenvalue weighted by atomic mass is 10.2. The minimum absolute atomic E-state index is 0.0645. The van der Waals surface area contributed by atoms with Crippen molar-refractivity contribution in [2.75, 3.05) is 50.5 Å². The van der Waals surface area contributed by atoms with Crippen LogP contribution in [0.15, 0.2) is 29.4 Å². The number of hydrogen-bond donors (Lipinski definition) is 0. The molecule has 0 radical (unpaired) electrons. The van der Waals surface area contributed by atoms with Gasteiger partial charge in [0.25, 0.3) is 0 Å². The minimum Gasteiger partial charge on any atom is -0.497 e. The predicted molar refractivity (Wildman–Crippen MR) is 119 cm³/mol. The molecule has 1 aromatic heterocycles. The van der Waals surface area contributed by atoms with Gasteiger partial charge in [0.05, 0.1) is 24.4 Å². The van der Waals surface area contributed by atoms with Crippen LogP contribution in [-0.4, -0.2) is 95.5 Å². The summed E-state index contributed by atoms with van der Waals surface area (Å²) in [7, 11) is 0.620. The van der Waals surface area contributed by atoms with Gasteiger partial charge in [0.15, 0.2) is 20.8 Å². The summed E-state index contributed by atoms with van der Waals surface area (Å²) in [4.78, 5) is 16.8. The molecule has 2 fully saturated rings. The first-order chi connectivity index (χ1) is 14.9. The highest BCUT2D eigenvalue weighted by Gasteiger charge is 2.34. The Morgan fingerprint density at radius 1 is 1.23 bits per heavy atom. The molecule has 2 saturated heterocycles. The molecular formula is C20H27N5O4S2. The largest absolute Gasteiger partial charge is 0.497 e. The fraction of sp³-hybridized carbons (Fsp3) is 0.550. The van der Waals surface area contributed by atoms with E-state index < -0.39 is 9.84 Å². The van der Waals surface area contributed by atoms with E-state index in [1.165, 1.54) is 11.8 Å². The summed E-state index contributed by atoms with van der Waals surface area (Å²) in [5.74, 6) is 2.35. The minimum atomic E-state index is -2.89. The lowest BCUT2D eigenvalue weighted by Crippen LogP contribution is -2.52. The molecule has 0 aliphatic carbocycles. The summed E-state index contributed by atoms with van der Waals surface area (Å²) in [6.07, 6.45) is 0.702. The Balaban J connectivity index is 1.30. The molecule has 0 saturated carbocycles. The highest BCUT2D eigenvalue weighted by Crippen LogP contribution is 2.26. The van der Waals surface area contributed by atoms with Crippen molar-refractivity contribution in [1.29, 1.82) is 0 Å². The number of benzene rings is 1. The van der Waals surface area contributed by atoms with Gasteiger partial charge in [-0.2, -0.15) is 0 Å². The normalized spacial score (nSPS) is 21.4. The smallest absolute Gasteiger partial charge is 0.233 e. The molecule has 0 N–H and O–H groups in total. The fourth-order valence-corrected chi connectivity index (χ4v) is 6.65. The highest BCUT2D eigenvalue weighted by atomic mass is 32.2. The molecule has 2 aliphatic rings. The number of carbonyl (C=O) groups excluding carboxylic acids is 1. The maximum Gasteiger partial charge on any atom is 0.233 e. The molecule has 2 aromatic rings. The third-order valence-corrected chi connectivity index (χ3v) is 8.63. The Bertz CT molecular complexity index is 1050. The zero-order valence-corrected chi connectivity index (χ0v) is 19.4. The van der Waals surface area contributed by atoms with E-state index in [9.17, 15) is 13.2 Å². The van der Waals surface area contributed by atoms with E-state index in [1.54, 1.807) is 7.11 Å². The third kappa shape index (κ3) is 5.04. The van der Waals surface area contributed by atoms with Gasteiger partial charge in [-0.05, 0) is 18.6 Å². The average Bonchev–Trinajstić information content (AvgIpc) is 3.33. The molecule has 1 amide bonds. The van der Waals surface area contributed by atoms with Gasteiger partial charge in [-0.3, -0.25) is 9.69 Å². The Labute approximate surface area is 186 Å². The van der Waals surface area contributed by atoms with Crippen LogP contribution in [0.4, 0.5) is 0 Å². The van der Waals surface area contributed by atoms with Crippen LogP contribution in [0.25, 0.3) is 11.4 Å². The topological polar surface area (TPSA) is 97.6 Å². The fourth-order valence-electron chi connectivity index (χ4n) is 4.07. The van der Waals surface area contributed by atoms with Crippen molar-refractivity contribution < 1.29 is 17.9 Å². The molecule has 31 heavy (non-hydrogen) atoms. The molecule has 4 rings (SSSR count). The van der Waals surface area contributed by atoms with Gasteiger partial charge in [0, 0.05) is 44.8 Å². The number of ether oxygens (including phenoxy) is 1. The first kappa shape index (κ1) is 22.1. The van der Waals surface area contributed by atoms with Crippen molar-refractivity contribution in [3.63, 3.8) is 0 Å². The Morgan fingerprint density at radius 3 is 2.68 bits per heavy atom. The molecule has 2 aliphatic heterocycles. The van der Waals surface area contributed by atoms with Crippen LogP contribution in [-0.2, 0) is 21.7 Å². The third-order valence-electron chi connectivity index (χ3n) is 5.88. The maximum atomic E-state index is 12.7. The molecule has 0 bridgehead atoms. The first-order valence-corrected chi connectivity index (χ1v) is 13.1. The summed E-state index contributed by atoms with van der Waals surface area (Å²) in [5.41, 5.74) is 0.901. The van der Waals surface area contributed by atoms with E-state index in [1.807, 2.05) is 40.8 Å². The number of methoxy groups -OCH3 is 1. The molecule has 1 aromatic carbocycles. The van der Waals surface area contributed by atoms with Crippen LogP contribution in [0.5, 0.6) is 5.75 Å². The number of nitrogens with zero attached hydrogens (tertiary/aromatic N) is 5. The quantitative estimate of drug-likeness (QED) is 0.581. The first-order valence-electron chi connectivity index (χ1n) is 10.2. The second-order valence-corrected chi connectivity index (χ2v) is 11.0. The van der Waals surface area contributed by atoms with Crippen molar-refractivity contribution in [1.82, 2.24) is 24.6 Å². The van der Waals surface area contributed by atoms with Crippen LogP contribution in [0.3, 0.4) is 0 Å². The van der Waals surface area contributed by atoms with Crippen molar-refractivity contribution in [3.8, 4) is 17.1 Å². The van der Waals surface area contributed by atoms with Crippen molar-refractivity contribution >= 4 is 27.5 Å². The molecular weight excluding hydrogens is 438 g/mol. The molecule has 9 nitrogen and oxygen atoms in total. The Hall–Kier alpha value is -2.11. The van der Waals surface area contributed by atoms with Crippen molar-refractivity contribution in [3.05, 3.63) is 24.3 Å². The standard InChI is InChI=1S/C20H27N5O4S2/c1-23-19(15-4-3-5-17(12-15)29-2)21-22-20(23)30-13-18(26)25-9-7-24(8-10-25)16-6-11-31(27,28)14-16/h3-5,12,16H,6-11,13-14H2,1-2H3. The number of thioether (sulfide) groups is 1. The van der Waals surface area contributed by atoms with Crippen molar-refractivity contribution in [2.24, 2.45) is 7.05 Å². The van der Waals surface area contributed by atoms with Crippen LogP contribution in [0.2, 0.25) is 0 Å². The monoisotopic (exact) mass is 465 g/mol. The zero-order valence-electron chi connectivity index (χ0n) is 17.7. The molecule has 11 heteroatoms. The number of piperazine rings is 1. The Morgan fingerprint density at radius 2 is 2.00 bits per heavy atom. The number of hydrogen-bond acceptors (Lipinski definition) is 8. The highest BCUT2D eigenvalue weighted by molar-refractivity contribution is 7.99. The predicted octanol–water partition coefficient (Wildman–Crippen LogP) is 0.914. The van der Waals surface area contributed by atoms with Crippen LogP contribution in [0, 0.1) is 0 Å². The van der Waals surface area contributed by atoms with Crippen LogP contribution < -0.4 is 4.74 Å². The van der Waals surface area contributed by atoms with Gasteiger partial charge >= 0.3 is 0 Å². The summed E-state index contributed by atoms with van der Waals surface area (Å²) >= 11 is 1.37. The maximum absolute atomic E-state index is 12.7.